The van der Waals surface area contributed by atoms with Crippen LogP contribution in [-0.2, 0) is 11.2 Å². The molecule has 0 saturated carbocycles. The van der Waals surface area contributed by atoms with Crippen LogP contribution in [0, 0.1) is 0 Å². The summed E-state index contributed by atoms with van der Waals surface area (Å²) in [5, 5.41) is 5.65. The van der Waals surface area contributed by atoms with Gasteiger partial charge in [0.05, 0.1) is 0 Å². The van der Waals surface area contributed by atoms with E-state index in [0.29, 0.717) is 22.7 Å². The Labute approximate surface area is 170 Å². The first-order valence-electron chi connectivity index (χ1n) is 9.58. The van der Waals surface area contributed by atoms with E-state index in [1.54, 1.807) is 43.3 Å². The van der Waals surface area contributed by atoms with Crippen molar-refractivity contribution >= 4 is 23.2 Å². The van der Waals surface area contributed by atoms with E-state index in [1.165, 1.54) is 5.56 Å². The summed E-state index contributed by atoms with van der Waals surface area (Å²) in [6.07, 6.45) is 0.290. The third-order valence-corrected chi connectivity index (χ3v) is 4.44. The number of aryl methyl sites for hydroxylation is 1. The molecular weight excluding hydrogens is 364 g/mol. The maximum absolute atomic E-state index is 12.5. The third kappa shape index (κ3) is 5.69. The third-order valence-electron chi connectivity index (χ3n) is 4.44. The first-order valence-corrected chi connectivity index (χ1v) is 9.58. The van der Waals surface area contributed by atoms with Crippen molar-refractivity contribution in [2.75, 3.05) is 10.6 Å². The molecule has 0 aliphatic rings. The van der Waals surface area contributed by atoms with Crippen LogP contribution in [0.1, 0.15) is 29.8 Å². The average molecular weight is 388 g/mol. The van der Waals surface area contributed by atoms with Crippen LogP contribution in [0.4, 0.5) is 11.4 Å². The highest BCUT2D eigenvalue weighted by Crippen LogP contribution is 2.18. The van der Waals surface area contributed by atoms with Crippen LogP contribution in [0.15, 0.2) is 78.9 Å². The molecule has 3 aromatic carbocycles. The second-order valence-electron chi connectivity index (χ2n) is 6.65. The van der Waals surface area contributed by atoms with Gasteiger partial charge in [0.25, 0.3) is 11.8 Å². The first-order chi connectivity index (χ1) is 14.0. The summed E-state index contributed by atoms with van der Waals surface area (Å²) >= 11 is 0. The zero-order valence-electron chi connectivity index (χ0n) is 16.5. The Morgan fingerprint density at radius 2 is 1.52 bits per heavy atom. The van der Waals surface area contributed by atoms with Crippen LogP contribution in [0.2, 0.25) is 0 Å². The summed E-state index contributed by atoms with van der Waals surface area (Å²) in [6, 6.07) is 23.7. The van der Waals surface area contributed by atoms with Gasteiger partial charge in [0, 0.05) is 16.9 Å². The summed E-state index contributed by atoms with van der Waals surface area (Å²) in [7, 11) is 0. The van der Waals surface area contributed by atoms with Crippen LogP contribution in [0.25, 0.3) is 0 Å². The average Bonchev–Trinajstić information content (AvgIpc) is 2.75. The highest BCUT2D eigenvalue weighted by Gasteiger charge is 2.15. The number of hydrogen-bond donors (Lipinski definition) is 2. The maximum Gasteiger partial charge on any atom is 0.265 e. The molecule has 29 heavy (non-hydrogen) atoms. The van der Waals surface area contributed by atoms with E-state index in [0.717, 1.165) is 6.42 Å². The van der Waals surface area contributed by atoms with Gasteiger partial charge in [-0.25, -0.2) is 0 Å². The minimum atomic E-state index is -0.662. The molecule has 5 heteroatoms. The molecule has 0 aliphatic carbocycles. The van der Waals surface area contributed by atoms with Crippen LogP contribution >= 0.6 is 0 Å². The predicted molar refractivity (Wildman–Crippen MR) is 115 cm³/mol. The van der Waals surface area contributed by atoms with Gasteiger partial charge >= 0.3 is 0 Å². The van der Waals surface area contributed by atoms with Crippen molar-refractivity contribution in [1.82, 2.24) is 0 Å². The minimum absolute atomic E-state index is 0.207. The summed E-state index contributed by atoms with van der Waals surface area (Å²) in [4.78, 5) is 24.8. The van der Waals surface area contributed by atoms with E-state index in [-0.39, 0.29) is 11.8 Å². The molecule has 0 radical (unpaired) electrons. The molecule has 2 amide bonds. The summed E-state index contributed by atoms with van der Waals surface area (Å²) in [5.74, 6) is 0.172. The second-order valence-corrected chi connectivity index (χ2v) is 6.65. The van der Waals surface area contributed by atoms with E-state index >= 15 is 0 Å². The van der Waals surface area contributed by atoms with Crippen LogP contribution < -0.4 is 15.4 Å². The Kier molecular flexibility index (Phi) is 6.63. The zero-order valence-corrected chi connectivity index (χ0v) is 16.5. The minimum Gasteiger partial charge on any atom is -0.481 e. The fourth-order valence-corrected chi connectivity index (χ4v) is 2.77. The van der Waals surface area contributed by atoms with Crippen molar-refractivity contribution in [1.29, 1.82) is 0 Å². The van der Waals surface area contributed by atoms with E-state index in [2.05, 4.69) is 17.6 Å². The molecule has 5 nitrogen and oxygen atoms in total. The molecular formula is C24H24N2O3. The smallest absolute Gasteiger partial charge is 0.265 e. The molecule has 2 N–H and O–H groups in total. The van der Waals surface area contributed by atoms with E-state index < -0.39 is 6.10 Å². The van der Waals surface area contributed by atoms with Crippen LogP contribution in [-0.4, -0.2) is 17.9 Å². The van der Waals surface area contributed by atoms with E-state index in [1.807, 2.05) is 42.5 Å². The van der Waals surface area contributed by atoms with Crippen molar-refractivity contribution < 1.29 is 14.3 Å². The summed E-state index contributed by atoms with van der Waals surface area (Å²) in [6.45, 7) is 3.78. The molecule has 0 heterocycles. The Hall–Kier alpha value is -3.60. The van der Waals surface area contributed by atoms with Crippen molar-refractivity contribution in [2.24, 2.45) is 0 Å². The molecule has 0 bridgehead atoms. The molecule has 3 rings (SSSR count). The van der Waals surface area contributed by atoms with Gasteiger partial charge in [-0.15, -0.1) is 0 Å². The van der Waals surface area contributed by atoms with Gasteiger partial charge in [0.2, 0.25) is 0 Å². The van der Waals surface area contributed by atoms with Gasteiger partial charge in [0.15, 0.2) is 6.10 Å². The number of amides is 2. The number of benzene rings is 3. The van der Waals surface area contributed by atoms with Crippen molar-refractivity contribution in [3.05, 3.63) is 90.0 Å². The number of hydrogen-bond acceptors (Lipinski definition) is 3. The summed E-state index contributed by atoms with van der Waals surface area (Å²) < 4.78 is 5.72. The van der Waals surface area contributed by atoms with Gasteiger partial charge in [-0.05, 0) is 61.4 Å². The number of rotatable bonds is 7. The zero-order chi connectivity index (χ0) is 20.6. The lowest BCUT2D eigenvalue weighted by molar-refractivity contribution is -0.122. The monoisotopic (exact) mass is 388 g/mol. The number of ether oxygens (including phenoxy) is 1. The van der Waals surface area contributed by atoms with Crippen molar-refractivity contribution in [3.63, 3.8) is 0 Å². The van der Waals surface area contributed by atoms with Crippen LogP contribution in [0.3, 0.4) is 0 Å². The molecule has 3 aromatic rings. The lowest BCUT2D eigenvalue weighted by atomic mass is 10.2. The highest BCUT2D eigenvalue weighted by molar-refractivity contribution is 6.04. The van der Waals surface area contributed by atoms with E-state index in [4.69, 9.17) is 4.74 Å². The van der Waals surface area contributed by atoms with Crippen molar-refractivity contribution in [3.8, 4) is 5.75 Å². The fraction of sp³-hybridized carbons (Fsp3) is 0.167. The molecule has 0 saturated heterocycles. The Balaban J connectivity index is 1.59. The Bertz CT molecular complexity index is 969. The predicted octanol–water partition coefficient (Wildman–Crippen LogP) is 4.91. The quantitative estimate of drug-likeness (QED) is 0.604. The normalized spacial score (nSPS) is 11.4. The lowest BCUT2D eigenvalue weighted by Gasteiger charge is -2.15. The molecule has 148 valence electrons. The molecule has 1 unspecified atom stereocenters. The lowest BCUT2D eigenvalue weighted by Crippen LogP contribution is -2.30. The molecule has 0 aliphatic heterocycles. The largest absolute Gasteiger partial charge is 0.481 e. The second kappa shape index (κ2) is 9.55. The standard InChI is InChI=1S/C24H24N2O3/c1-3-18-12-14-22(15-13-18)29-17(2)23(27)25-20-10-7-11-21(16-20)26-24(28)19-8-5-4-6-9-19/h4-17H,3H2,1-2H3,(H,25,27)(H,26,28). The SMILES string of the molecule is CCc1ccc(OC(C)C(=O)Nc2cccc(NC(=O)c3ccccc3)c2)cc1. The first kappa shape index (κ1) is 20.1. The molecule has 0 aromatic heterocycles. The molecule has 1 atom stereocenters. The van der Waals surface area contributed by atoms with Gasteiger partial charge < -0.3 is 15.4 Å². The highest BCUT2D eigenvalue weighted by atomic mass is 16.5. The number of anilines is 2. The van der Waals surface area contributed by atoms with Gasteiger partial charge in [-0.3, -0.25) is 9.59 Å². The number of carbonyl (C=O) groups is 2. The molecule has 0 fully saturated rings. The number of carbonyl (C=O) groups excluding carboxylic acids is 2. The van der Waals surface area contributed by atoms with Crippen LogP contribution in [0.5, 0.6) is 5.75 Å². The number of nitrogens with one attached hydrogen (secondary N) is 2. The molecule has 0 spiro atoms. The fourth-order valence-electron chi connectivity index (χ4n) is 2.77. The van der Waals surface area contributed by atoms with Gasteiger partial charge in [-0.1, -0.05) is 43.3 Å². The van der Waals surface area contributed by atoms with Crippen molar-refractivity contribution in [2.45, 2.75) is 26.4 Å². The van der Waals surface area contributed by atoms with Gasteiger partial charge in [0.1, 0.15) is 5.75 Å². The Morgan fingerprint density at radius 3 is 2.17 bits per heavy atom. The topological polar surface area (TPSA) is 67.4 Å². The van der Waals surface area contributed by atoms with E-state index in [9.17, 15) is 9.59 Å². The van der Waals surface area contributed by atoms with Gasteiger partial charge in [-0.2, -0.15) is 0 Å². The summed E-state index contributed by atoms with van der Waals surface area (Å²) in [5.41, 5.74) is 2.96. The maximum atomic E-state index is 12.5. The Morgan fingerprint density at radius 1 is 0.862 bits per heavy atom.